The van der Waals surface area contributed by atoms with Crippen LogP contribution < -0.4 is 0 Å². The number of nitrogens with zero attached hydrogens (tertiary/aromatic N) is 3. The van der Waals surface area contributed by atoms with Crippen LogP contribution in [-0.2, 0) is 14.4 Å². The highest BCUT2D eigenvalue weighted by molar-refractivity contribution is 14.1. The van der Waals surface area contributed by atoms with E-state index in [1.165, 1.54) is 19.3 Å². The van der Waals surface area contributed by atoms with Crippen molar-refractivity contribution in [3.8, 4) is 0 Å². The average Bonchev–Trinajstić information content (AvgIpc) is 2.69. The molecule has 0 aliphatic carbocycles. The van der Waals surface area contributed by atoms with Gasteiger partial charge in [-0.15, -0.1) is 0 Å². The molecule has 1 aromatic rings. The van der Waals surface area contributed by atoms with Gasteiger partial charge in [0.1, 0.15) is 12.7 Å². The number of carboxylic acid groups (broad SMARTS) is 2. The first-order valence-electron chi connectivity index (χ1n) is 8.75. The summed E-state index contributed by atoms with van der Waals surface area (Å²) in [5.41, 5.74) is 0.692. The molecular weight excluding hydrogens is 517 g/mol. The Morgan fingerprint density at radius 2 is 2.07 bits per heavy atom. The van der Waals surface area contributed by atoms with Crippen molar-refractivity contribution in [3.05, 3.63) is 42.2 Å². The molecule has 0 amide bonds. The number of hydrogen-bond acceptors (Lipinski definition) is 7. The molecule has 2 rings (SSSR count). The van der Waals surface area contributed by atoms with Gasteiger partial charge in [-0.1, -0.05) is 39.3 Å². The minimum absolute atomic E-state index is 0.135. The molecule has 29 heavy (non-hydrogen) atoms. The highest BCUT2D eigenvalue weighted by atomic mass is 127. The van der Waals surface area contributed by atoms with Gasteiger partial charge >= 0.3 is 11.9 Å². The number of pyridine rings is 1. The molecule has 160 valence electrons. The summed E-state index contributed by atoms with van der Waals surface area (Å²) in [7, 11) is 0. The van der Waals surface area contributed by atoms with Gasteiger partial charge < -0.3 is 20.2 Å². The summed E-state index contributed by atoms with van der Waals surface area (Å²) in [6.45, 7) is 1.77. The molecule has 9 nitrogen and oxygen atoms in total. The van der Waals surface area contributed by atoms with E-state index in [0.29, 0.717) is 28.3 Å². The third kappa shape index (κ3) is 11.7. The van der Waals surface area contributed by atoms with Crippen LogP contribution in [-0.4, -0.2) is 72.2 Å². The number of aliphatic hydroxyl groups is 1. The van der Waals surface area contributed by atoms with Crippen molar-refractivity contribution >= 4 is 51.3 Å². The number of β-amino-alcohol motifs (C(OH)–C–C–N with tert-alkyl or cyclic N) is 1. The number of carboxylic acids is 2. The van der Waals surface area contributed by atoms with Crippen LogP contribution >= 0.6 is 34.2 Å². The number of aromatic nitrogens is 1. The minimum atomic E-state index is -1.26. The predicted molar refractivity (Wildman–Crippen MR) is 116 cm³/mol. The second-order valence-electron chi connectivity index (χ2n) is 6.01. The third-order valence-electron chi connectivity index (χ3n) is 3.66. The summed E-state index contributed by atoms with van der Waals surface area (Å²) in [4.78, 5) is 30.5. The molecule has 3 N–H and O–H groups in total. The molecule has 0 bridgehead atoms. The molecule has 0 aromatic carbocycles. The van der Waals surface area contributed by atoms with Gasteiger partial charge in [-0.2, -0.15) is 0 Å². The maximum absolute atomic E-state index is 10.0. The second kappa shape index (κ2) is 14.3. The van der Waals surface area contributed by atoms with Gasteiger partial charge in [0.2, 0.25) is 0 Å². The molecule has 2 atom stereocenters. The molecule has 1 saturated heterocycles. The number of carbonyl (C=O) groups is 2. The Balaban J connectivity index is 0.000000447. The van der Waals surface area contributed by atoms with Gasteiger partial charge in [-0.05, 0) is 37.9 Å². The summed E-state index contributed by atoms with van der Waals surface area (Å²) in [6, 6.07) is 3.58. The van der Waals surface area contributed by atoms with Gasteiger partial charge in [-0.25, -0.2) is 9.59 Å². The Kier molecular flexibility index (Phi) is 12.4. The van der Waals surface area contributed by atoms with Crippen LogP contribution in [0.5, 0.6) is 0 Å². The lowest BCUT2D eigenvalue weighted by molar-refractivity contribution is -0.134. The number of hydrogen-bond donors (Lipinski definition) is 3. The van der Waals surface area contributed by atoms with E-state index in [1.54, 1.807) is 24.5 Å². The zero-order valence-corrected chi connectivity index (χ0v) is 18.4. The molecule has 2 heterocycles. The van der Waals surface area contributed by atoms with Crippen molar-refractivity contribution < 1.29 is 29.7 Å². The molecule has 1 aliphatic rings. The fraction of sp³-hybridized carbons (Fsp3) is 0.444. The standard InChI is InChI=1S/C14H19ClIN3O2.C4H4O4/c15-14(11-4-3-6-17-8-11)18-21-10-12(20)9-19-7-2-1-5-13(19)16;5-3(6)1-2-4(7)8/h3-4,6,8,12-13,20H,1-2,5,7,9-10H2;1-2H,(H,5,6)(H,7,8). The van der Waals surface area contributed by atoms with Gasteiger partial charge in [-0.3, -0.25) is 9.88 Å². The molecule has 1 fully saturated rings. The molecule has 0 radical (unpaired) electrons. The van der Waals surface area contributed by atoms with Crippen LogP contribution in [0.15, 0.2) is 41.8 Å². The van der Waals surface area contributed by atoms with E-state index in [9.17, 15) is 14.7 Å². The Morgan fingerprint density at radius 1 is 1.38 bits per heavy atom. The zero-order valence-electron chi connectivity index (χ0n) is 15.5. The van der Waals surface area contributed by atoms with Crippen LogP contribution in [0.25, 0.3) is 0 Å². The molecule has 11 heteroatoms. The summed E-state index contributed by atoms with van der Waals surface area (Å²) >= 11 is 8.42. The van der Waals surface area contributed by atoms with Crippen LogP contribution in [0.1, 0.15) is 24.8 Å². The lowest BCUT2D eigenvalue weighted by Crippen LogP contribution is -2.41. The van der Waals surface area contributed by atoms with E-state index < -0.39 is 18.0 Å². The monoisotopic (exact) mass is 539 g/mol. The van der Waals surface area contributed by atoms with Crippen LogP contribution in [0.2, 0.25) is 0 Å². The zero-order chi connectivity index (χ0) is 21.6. The highest BCUT2D eigenvalue weighted by Crippen LogP contribution is 2.22. The Bertz CT molecular complexity index is 688. The number of aliphatic carboxylic acids is 2. The first kappa shape index (κ1) is 25.3. The largest absolute Gasteiger partial charge is 0.478 e. The number of oxime groups is 1. The second-order valence-corrected chi connectivity index (χ2v) is 7.80. The SMILES string of the molecule is O=C(O)C=CC(=O)O.OC(CON=C(Cl)c1cccnc1)CN1CCCCC1I. The molecule has 2 unspecified atom stereocenters. The Morgan fingerprint density at radius 3 is 2.62 bits per heavy atom. The molecule has 0 spiro atoms. The third-order valence-corrected chi connectivity index (χ3v) is 5.36. The van der Waals surface area contributed by atoms with E-state index in [-0.39, 0.29) is 11.8 Å². The summed E-state index contributed by atoms with van der Waals surface area (Å²) in [6.07, 6.45) is 7.46. The maximum atomic E-state index is 10.0. The molecular formula is C18H23ClIN3O6. The van der Waals surface area contributed by atoms with E-state index in [1.807, 2.05) is 0 Å². The topological polar surface area (TPSA) is 133 Å². The van der Waals surface area contributed by atoms with E-state index in [4.69, 9.17) is 26.7 Å². The van der Waals surface area contributed by atoms with Crippen molar-refractivity contribution in [2.75, 3.05) is 19.7 Å². The highest BCUT2D eigenvalue weighted by Gasteiger charge is 2.22. The first-order chi connectivity index (χ1) is 13.8. The minimum Gasteiger partial charge on any atom is -0.478 e. The molecule has 0 saturated carbocycles. The van der Waals surface area contributed by atoms with Crippen molar-refractivity contribution in [3.63, 3.8) is 0 Å². The Hall–Kier alpha value is -1.76. The number of aliphatic hydroxyl groups excluding tert-OH is 1. The van der Waals surface area contributed by atoms with Gasteiger partial charge in [0.05, 0.1) is 4.05 Å². The van der Waals surface area contributed by atoms with Crippen LogP contribution in [0.4, 0.5) is 0 Å². The quantitative estimate of drug-likeness (QED) is 0.115. The predicted octanol–water partition coefficient (Wildman–Crippen LogP) is 2.32. The summed E-state index contributed by atoms with van der Waals surface area (Å²) in [5, 5.41) is 29.7. The average molecular weight is 540 g/mol. The fourth-order valence-electron chi connectivity index (χ4n) is 2.34. The number of piperidine rings is 1. The smallest absolute Gasteiger partial charge is 0.328 e. The van der Waals surface area contributed by atoms with Crippen molar-refractivity contribution in [1.29, 1.82) is 0 Å². The van der Waals surface area contributed by atoms with E-state index >= 15 is 0 Å². The fourth-order valence-corrected chi connectivity index (χ4v) is 3.45. The maximum Gasteiger partial charge on any atom is 0.328 e. The normalized spacial score (nSPS) is 18.6. The van der Waals surface area contributed by atoms with Crippen molar-refractivity contribution in [1.82, 2.24) is 9.88 Å². The number of halogens is 2. The number of rotatable bonds is 8. The van der Waals surface area contributed by atoms with E-state index in [2.05, 4.69) is 37.6 Å². The molecule has 1 aliphatic heterocycles. The molecule has 1 aromatic heterocycles. The van der Waals surface area contributed by atoms with Crippen molar-refractivity contribution in [2.45, 2.75) is 29.4 Å². The summed E-state index contributed by atoms with van der Waals surface area (Å²) < 4.78 is 0.494. The number of likely N-dealkylation sites (tertiary alicyclic amines) is 1. The lowest BCUT2D eigenvalue weighted by Gasteiger charge is -2.33. The van der Waals surface area contributed by atoms with Gasteiger partial charge in [0, 0.05) is 36.7 Å². The Labute approximate surface area is 187 Å². The summed E-state index contributed by atoms with van der Waals surface area (Å²) in [5.74, 6) is -2.51. The number of alkyl halides is 1. The van der Waals surface area contributed by atoms with E-state index in [0.717, 1.165) is 6.54 Å². The van der Waals surface area contributed by atoms with Gasteiger partial charge in [0.25, 0.3) is 0 Å². The van der Waals surface area contributed by atoms with Crippen molar-refractivity contribution in [2.24, 2.45) is 5.16 Å². The first-order valence-corrected chi connectivity index (χ1v) is 10.4. The van der Waals surface area contributed by atoms with Crippen LogP contribution in [0, 0.1) is 0 Å². The van der Waals surface area contributed by atoms with Crippen LogP contribution in [0.3, 0.4) is 0 Å². The van der Waals surface area contributed by atoms with Gasteiger partial charge in [0.15, 0.2) is 5.17 Å². The lowest BCUT2D eigenvalue weighted by atomic mass is 10.1.